The molecule has 0 saturated carbocycles. The van der Waals surface area contributed by atoms with Crippen molar-refractivity contribution in [2.24, 2.45) is 5.73 Å². The van der Waals surface area contributed by atoms with Crippen LogP contribution in [-0.4, -0.2) is 25.7 Å². The van der Waals surface area contributed by atoms with Crippen molar-refractivity contribution in [3.63, 3.8) is 0 Å². The summed E-state index contributed by atoms with van der Waals surface area (Å²) in [6.07, 6.45) is 2.37. The predicted octanol–water partition coefficient (Wildman–Crippen LogP) is 0.667. The summed E-state index contributed by atoms with van der Waals surface area (Å²) in [4.78, 5) is 3.65. The van der Waals surface area contributed by atoms with E-state index in [-0.39, 0.29) is 11.6 Å². The first-order valence-electron chi connectivity index (χ1n) is 4.24. The average Bonchev–Trinajstić information content (AvgIpc) is 2.18. The van der Waals surface area contributed by atoms with Gasteiger partial charge in [0.2, 0.25) is 9.84 Å². The smallest absolute Gasteiger partial charge is 0.202 e. The molecule has 0 saturated heterocycles. The van der Waals surface area contributed by atoms with Crippen molar-refractivity contribution in [3.05, 3.63) is 36.3 Å². The molecule has 0 atom stereocenters. The second-order valence-electron chi connectivity index (χ2n) is 2.81. The lowest BCUT2D eigenvalue weighted by atomic mass is 10.5. The highest BCUT2D eigenvalue weighted by Crippen LogP contribution is 2.11. The lowest BCUT2D eigenvalue weighted by Gasteiger charge is -2.00. The maximum atomic E-state index is 13.0. The third-order valence-corrected chi connectivity index (χ3v) is 3.16. The van der Waals surface area contributed by atoms with Crippen molar-refractivity contribution in [1.82, 2.24) is 4.98 Å². The minimum atomic E-state index is -3.69. The lowest BCUT2D eigenvalue weighted by Crippen LogP contribution is -2.10. The van der Waals surface area contributed by atoms with Crippen LogP contribution in [0, 0.1) is 0 Å². The molecule has 0 aliphatic carbocycles. The molecule has 2 N–H and O–H groups in total. The molecule has 0 fully saturated rings. The Morgan fingerprint density at radius 1 is 1.53 bits per heavy atom. The van der Waals surface area contributed by atoms with E-state index in [4.69, 9.17) is 5.73 Å². The fourth-order valence-electron chi connectivity index (χ4n) is 0.973. The van der Waals surface area contributed by atoms with Crippen LogP contribution in [0.3, 0.4) is 0 Å². The van der Waals surface area contributed by atoms with Gasteiger partial charge in [-0.25, -0.2) is 17.8 Å². The van der Waals surface area contributed by atoms with Crippen LogP contribution in [-0.2, 0) is 9.84 Å². The number of aromatic nitrogens is 1. The maximum Gasteiger partial charge on any atom is 0.202 e. The Balaban J connectivity index is 2.91. The van der Waals surface area contributed by atoms with E-state index in [2.05, 4.69) is 4.98 Å². The molecule has 82 valence electrons. The van der Waals surface area contributed by atoms with Crippen LogP contribution in [0.25, 0.3) is 0 Å². The number of hydrogen-bond donors (Lipinski definition) is 1. The number of pyridine rings is 1. The van der Waals surface area contributed by atoms with Crippen molar-refractivity contribution in [3.8, 4) is 0 Å². The number of nitrogens with zero attached hydrogens (tertiary/aromatic N) is 1. The molecule has 0 amide bonds. The standard InChI is InChI=1S/C9H11FN2O2S/c10-8(4-5-11)7-15(13,14)9-3-1-2-6-12-9/h1-4,6H,5,7,11H2/b8-4-. The molecule has 1 aromatic rings. The van der Waals surface area contributed by atoms with E-state index in [0.29, 0.717) is 0 Å². The van der Waals surface area contributed by atoms with Crippen LogP contribution in [0.1, 0.15) is 0 Å². The molecule has 0 spiro atoms. The Morgan fingerprint density at radius 3 is 2.80 bits per heavy atom. The number of rotatable bonds is 4. The highest BCUT2D eigenvalue weighted by Gasteiger charge is 2.17. The van der Waals surface area contributed by atoms with E-state index in [9.17, 15) is 12.8 Å². The molecule has 4 nitrogen and oxygen atoms in total. The summed E-state index contributed by atoms with van der Waals surface area (Å²) in [6, 6.07) is 4.45. The van der Waals surface area contributed by atoms with E-state index < -0.39 is 21.4 Å². The monoisotopic (exact) mass is 230 g/mol. The quantitative estimate of drug-likeness (QED) is 0.825. The third kappa shape index (κ3) is 3.41. The van der Waals surface area contributed by atoms with Gasteiger partial charge in [0, 0.05) is 12.7 Å². The second-order valence-corrected chi connectivity index (χ2v) is 4.75. The van der Waals surface area contributed by atoms with Crippen molar-refractivity contribution < 1.29 is 12.8 Å². The van der Waals surface area contributed by atoms with E-state index in [1.54, 1.807) is 6.07 Å². The first kappa shape index (κ1) is 11.8. The Morgan fingerprint density at radius 2 is 2.27 bits per heavy atom. The summed E-state index contributed by atoms with van der Waals surface area (Å²) in [6.45, 7) is -0.0242. The summed E-state index contributed by atoms with van der Waals surface area (Å²) >= 11 is 0. The Labute approximate surface area is 87.6 Å². The van der Waals surface area contributed by atoms with Crippen LogP contribution in [0.2, 0.25) is 0 Å². The molecule has 6 heteroatoms. The van der Waals surface area contributed by atoms with Gasteiger partial charge < -0.3 is 5.73 Å². The fraction of sp³-hybridized carbons (Fsp3) is 0.222. The number of nitrogens with two attached hydrogens (primary N) is 1. The fourth-order valence-corrected chi connectivity index (χ4v) is 2.11. The van der Waals surface area contributed by atoms with E-state index in [1.165, 1.54) is 18.3 Å². The molecular formula is C9H11FN2O2S. The van der Waals surface area contributed by atoms with Crippen LogP contribution >= 0.6 is 0 Å². The molecule has 15 heavy (non-hydrogen) atoms. The van der Waals surface area contributed by atoms with Gasteiger partial charge in [-0.2, -0.15) is 0 Å². The molecule has 0 aromatic carbocycles. The topological polar surface area (TPSA) is 73.1 Å². The zero-order valence-electron chi connectivity index (χ0n) is 7.93. The van der Waals surface area contributed by atoms with Crippen LogP contribution in [0.15, 0.2) is 41.3 Å². The van der Waals surface area contributed by atoms with E-state index in [1.807, 2.05) is 0 Å². The van der Waals surface area contributed by atoms with Crippen molar-refractivity contribution in [1.29, 1.82) is 0 Å². The largest absolute Gasteiger partial charge is 0.327 e. The average molecular weight is 230 g/mol. The van der Waals surface area contributed by atoms with Crippen molar-refractivity contribution in [2.45, 2.75) is 5.03 Å². The van der Waals surface area contributed by atoms with Gasteiger partial charge in [0.25, 0.3) is 0 Å². The molecule has 0 radical (unpaired) electrons. The minimum Gasteiger partial charge on any atom is -0.327 e. The van der Waals surface area contributed by atoms with Gasteiger partial charge in [-0.05, 0) is 18.2 Å². The van der Waals surface area contributed by atoms with E-state index >= 15 is 0 Å². The lowest BCUT2D eigenvalue weighted by molar-refractivity contribution is 0.580. The zero-order valence-corrected chi connectivity index (χ0v) is 8.74. The zero-order chi connectivity index (χ0) is 11.3. The highest BCUT2D eigenvalue weighted by molar-refractivity contribution is 7.91. The van der Waals surface area contributed by atoms with Crippen LogP contribution < -0.4 is 5.73 Å². The molecule has 0 aliphatic heterocycles. The molecule has 0 bridgehead atoms. The molecule has 1 rings (SSSR count). The van der Waals surface area contributed by atoms with E-state index in [0.717, 1.165) is 6.08 Å². The van der Waals surface area contributed by atoms with Gasteiger partial charge in [0.05, 0.1) is 0 Å². The molecule has 1 heterocycles. The highest BCUT2D eigenvalue weighted by atomic mass is 32.2. The summed E-state index contributed by atoms with van der Waals surface area (Å²) in [5, 5.41) is -0.134. The molecule has 0 unspecified atom stereocenters. The van der Waals surface area contributed by atoms with Crippen LogP contribution in [0.4, 0.5) is 4.39 Å². The number of sulfone groups is 1. The van der Waals surface area contributed by atoms with Gasteiger partial charge in [-0.3, -0.25) is 0 Å². The van der Waals surface area contributed by atoms with Crippen molar-refractivity contribution >= 4 is 9.84 Å². The molecule has 1 aromatic heterocycles. The van der Waals surface area contributed by atoms with Crippen LogP contribution in [0.5, 0.6) is 0 Å². The van der Waals surface area contributed by atoms with Gasteiger partial charge in [-0.15, -0.1) is 0 Å². The number of halogens is 1. The van der Waals surface area contributed by atoms with Gasteiger partial charge in [-0.1, -0.05) is 6.07 Å². The van der Waals surface area contributed by atoms with Crippen molar-refractivity contribution in [2.75, 3.05) is 12.3 Å². The van der Waals surface area contributed by atoms with Gasteiger partial charge in [0.1, 0.15) is 11.6 Å². The van der Waals surface area contributed by atoms with Gasteiger partial charge >= 0.3 is 0 Å². The SMILES string of the molecule is NC/C=C(\F)CS(=O)(=O)c1ccccn1. The predicted molar refractivity (Wildman–Crippen MR) is 54.5 cm³/mol. The summed E-state index contributed by atoms with van der Waals surface area (Å²) in [7, 11) is -3.69. The Kier molecular flexibility index (Phi) is 3.93. The second kappa shape index (κ2) is 4.99. The Hall–Kier alpha value is -1.27. The first-order valence-corrected chi connectivity index (χ1v) is 5.90. The van der Waals surface area contributed by atoms with Gasteiger partial charge in [0.15, 0.2) is 5.03 Å². The normalized spacial score (nSPS) is 12.8. The minimum absolute atomic E-state index is 0.0242. The first-order chi connectivity index (χ1) is 7.06. The Bertz CT molecular complexity index is 442. The summed E-state index contributed by atoms with van der Waals surface area (Å²) < 4.78 is 36.0. The number of hydrogen-bond acceptors (Lipinski definition) is 4. The summed E-state index contributed by atoms with van der Waals surface area (Å²) in [5.74, 6) is -1.45. The summed E-state index contributed by atoms with van der Waals surface area (Å²) in [5.41, 5.74) is 5.06. The third-order valence-electron chi connectivity index (χ3n) is 1.62. The molecular weight excluding hydrogens is 219 g/mol. The molecule has 0 aliphatic rings. The maximum absolute atomic E-state index is 13.0.